The number of allylic oxidation sites excluding steroid dienone is 1. The molecule has 1 aromatic rings. The maximum Gasteiger partial charge on any atom is 0.438 e. The highest BCUT2D eigenvalue weighted by molar-refractivity contribution is 6.32. The number of nitrogens with zero attached hydrogens (tertiary/aromatic N) is 1. The summed E-state index contributed by atoms with van der Waals surface area (Å²) in [7, 11) is 0. The van der Waals surface area contributed by atoms with Crippen LogP contribution in [0.1, 0.15) is 5.56 Å². The van der Waals surface area contributed by atoms with Gasteiger partial charge in [0.05, 0.1) is 0 Å². The van der Waals surface area contributed by atoms with E-state index in [0.717, 1.165) is 5.56 Å². The fourth-order valence-electron chi connectivity index (χ4n) is 1.14. The van der Waals surface area contributed by atoms with Gasteiger partial charge in [-0.2, -0.15) is 0 Å². The molecule has 76 valence electrons. The standard InChI is InChI=1S/C10H7ClN2O2/c11-9-6-8(13-15-10(14)12-9)7-4-2-1-3-5-7/h1-6H,(H,12,14). The van der Waals surface area contributed by atoms with Crippen LogP contribution in [0.3, 0.4) is 0 Å². The second kappa shape index (κ2) is 4.14. The number of oxime groups is 1. The Kier molecular flexibility index (Phi) is 2.69. The highest BCUT2D eigenvalue weighted by Gasteiger charge is 2.11. The molecule has 0 spiro atoms. The van der Waals surface area contributed by atoms with Crippen molar-refractivity contribution in [2.75, 3.05) is 0 Å². The first-order valence-corrected chi connectivity index (χ1v) is 4.62. The Morgan fingerprint density at radius 1 is 1.27 bits per heavy atom. The zero-order valence-electron chi connectivity index (χ0n) is 7.61. The first-order valence-electron chi connectivity index (χ1n) is 4.24. The average molecular weight is 223 g/mol. The minimum Gasteiger partial charge on any atom is -0.297 e. The quantitative estimate of drug-likeness (QED) is 0.585. The second-order valence-electron chi connectivity index (χ2n) is 2.84. The molecule has 1 amide bonds. The Labute approximate surface area is 91.2 Å². The minimum absolute atomic E-state index is 0.181. The molecule has 15 heavy (non-hydrogen) atoms. The predicted octanol–water partition coefficient (Wildman–Crippen LogP) is 2.21. The molecule has 5 heteroatoms. The largest absolute Gasteiger partial charge is 0.438 e. The number of amides is 1. The Hall–Kier alpha value is -1.81. The van der Waals surface area contributed by atoms with E-state index in [1.54, 1.807) is 0 Å². The number of carbonyl (C=O) groups is 1. The van der Waals surface area contributed by atoms with Crippen LogP contribution in [-0.2, 0) is 4.84 Å². The van der Waals surface area contributed by atoms with Crippen LogP contribution in [0.4, 0.5) is 4.79 Å². The predicted molar refractivity (Wildman–Crippen MR) is 56.5 cm³/mol. The fraction of sp³-hybridized carbons (Fsp3) is 0. The third-order valence-corrected chi connectivity index (χ3v) is 1.98. The molecule has 0 aliphatic carbocycles. The van der Waals surface area contributed by atoms with E-state index >= 15 is 0 Å². The minimum atomic E-state index is -0.692. The number of carbonyl (C=O) groups excluding carboxylic acids is 1. The van der Waals surface area contributed by atoms with Crippen LogP contribution >= 0.6 is 11.6 Å². The normalized spacial score (nSPS) is 15.7. The summed E-state index contributed by atoms with van der Waals surface area (Å²) in [4.78, 5) is 15.4. The summed E-state index contributed by atoms with van der Waals surface area (Å²) in [5.74, 6) is 0. The lowest BCUT2D eigenvalue weighted by Gasteiger charge is -1.97. The van der Waals surface area contributed by atoms with Crippen molar-refractivity contribution in [3.05, 3.63) is 47.1 Å². The summed E-state index contributed by atoms with van der Waals surface area (Å²) >= 11 is 5.73. The molecule has 1 aliphatic rings. The molecule has 0 fully saturated rings. The van der Waals surface area contributed by atoms with Gasteiger partial charge < -0.3 is 0 Å². The summed E-state index contributed by atoms with van der Waals surface area (Å²) in [6, 6.07) is 9.30. The van der Waals surface area contributed by atoms with Gasteiger partial charge in [0.2, 0.25) is 0 Å². The monoisotopic (exact) mass is 222 g/mol. The number of halogens is 1. The molecule has 0 unspecified atom stereocenters. The molecule has 0 aromatic heterocycles. The van der Waals surface area contributed by atoms with Crippen LogP contribution in [0.5, 0.6) is 0 Å². The van der Waals surface area contributed by atoms with Crippen LogP contribution < -0.4 is 5.32 Å². The Bertz CT molecular complexity index is 440. The van der Waals surface area contributed by atoms with Gasteiger partial charge in [-0.05, 0) is 0 Å². The van der Waals surface area contributed by atoms with E-state index in [4.69, 9.17) is 11.6 Å². The maximum absolute atomic E-state index is 10.9. The van der Waals surface area contributed by atoms with Gasteiger partial charge in [-0.3, -0.25) is 10.2 Å². The summed E-state index contributed by atoms with van der Waals surface area (Å²) < 4.78 is 0. The molecule has 1 aliphatic heterocycles. The molecule has 2 rings (SSSR count). The van der Waals surface area contributed by atoms with E-state index in [0.29, 0.717) is 5.71 Å². The van der Waals surface area contributed by atoms with Crippen molar-refractivity contribution in [3.8, 4) is 0 Å². The van der Waals surface area contributed by atoms with Crippen molar-refractivity contribution in [1.29, 1.82) is 0 Å². The number of benzene rings is 1. The molecule has 0 atom stereocenters. The SMILES string of the molecule is O=C1NC(Cl)=CC(c2ccccc2)=NO1. The highest BCUT2D eigenvalue weighted by atomic mass is 35.5. The number of hydrogen-bond acceptors (Lipinski definition) is 3. The topological polar surface area (TPSA) is 50.7 Å². The molecular weight excluding hydrogens is 216 g/mol. The van der Waals surface area contributed by atoms with Crippen LogP contribution in [0.2, 0.25) is 0 Å². The highest BCUT2D eigenvalue weighted by Crippen LogP contribution is 2.09. The summed E-state index contributed by atoms with van der Waals surface area (Å²) in [6.45, 7) is 0. The van der Waals surface area contributed by atoms with E-state index in [-0.39, 0.29) is 5.16 Å². The van der Waals surface area contributed by atoms with Gasteiger partial charge in [-0.15, -0.1) is 0 Å². The van der Waals surface area contributed by atoms with Crippen molar-refractivity contribution < 1.29 is 9.63 Å². The average Bonchev–Trinajstić information content (AvgIpc) is 2.41. The molecule has 1 heterocycles. The summed E-state index contributed by atoms with van der Waals surface area (Å²) in [5.41, 5.74) is 1.33. The summed E-state index contributed by atoms with van der Waals surface area (Å²) in [6.07, 6.45) is 0.837. The third kappa shape index (κ3) is 2.35. The van der Waals surface area contributed by atoms with Gasteiger partial charge in [0.1, 0.15) is 10.9 Å². The lowest BCUT2D eigenvalue weighted by molar-refractivity contribution is 0.155. The van der Waals surface area contributed by atoms with Crippen molar-refractivity contribution in [2.45, 2.75) is 0 Å². The van der Waals surface area contributed by atoms with Crippen molar-refractivity contribution in [3.63, 3.8) is 0 Å². The van der Waals surface area contributed by atoms with Gasteiger partial charge in [0.15, 0.2) is 0 Å². The zero-order chi connectivity index (χ0) is 10.7. The van der Waals surface area contributed by atoms with Gasteiger partial charge in [0.25, 0.3) is 0 Å². The van der Waals surface area contributed by atoms with Crippen molar-refractivity contribution >= 4 is 23.4 Å². The molecular formula is C10H7ClN2O2. The Balaban J connectivity index is 2.37. The summed E-state index contributed by atoms with van der Waals surface area (Å²) in [5, 5.41) is 6.14. The number of rotatable bonds is 1. The van der Waals surface area contributed by atoms with E-state index in [9.17, 15) is 4.79 Å². The van der Waals surface area contributed by atoms with Gasteiger partial charge in [0, 0.05) is 11.6 Å². The van der Waals surface area contributed by atoms with E-state index in [1.807, 2.05) is 30.3 Å². The van der Waals surface area contributed by atoms with Gasteiger partial charge in [-0.25, -0.2) is 4.79 Å². The lowest BCUT2D eigenvalue weighted by Crippen LogP contribution is -2.17. The van der Waals surface area contributed by atoms with Crippen LogP contribution in [0.15, 0.2) is 46.7 Å². The fourth-order valence-corrected chi connectivity index (χ4v) is 1.32. The maximum atomic E-state index is 10.9. The Morgan fingerprint density at radius 3 is 2.73 bits per heavy atom. The third-order valence-electron chi connectivity index (χ3n) is 1.78. The number of nitrogens with one attached hydrogen (secondary N) is 1. The lowest BCUT2D eigenvalue weighted by atomic mass is 10.1. The first-order chi connectivity index (χ1) is 7.25. The molecule has 0 radical (unpaired) electrons. The van der Waals surface area contributed by atoms with Crippen molar-refractivity contribution in [1.82, 2.24) is 5.32 Å². The molecule has 1 N–H and O–H groups in total. The van der Waals surface area contributed by atoms with Gasteiger partial charge in [-0.1, -0.05) is 47.1 Å². The molecule has 1 aromatic carbocycles. The van der Waals surface area contributed by atoms with Crippen LogP contribution in [0, 0.1) is 0 Å². The molecule has 0 bridgehead atoms. The van der Waals surface area contributed by atoms with Gasteiger partial charge >= 0.3 is 6.09 Å². The molecule has 4 nitrogen and oxygen atoms in total. The number of hydrogen-bond donors (Lipinski definition) is 1. The van der Waals surface area contributed by atoms with Crippen LogP contribution in [-0.4, -0.2) is 11.8 Å². The molecule has 0 saturated carbocycles. The second-order valence-corrected chi connectivity index (χ2v) is 3.25. The van der Waals surface area contributed by atoms with E-state index in [1.165, 1.54) is 6.08 Å². The zero-order valence-corrected chi connectivity index (χ0v) is 8.36. The van der Waals surface area contributed by atoms with E-state index in [2.05, 4.69) is 15.3 Å². The smallest absolute Gasteiger partial charge is 0.297 e. The first kappa shape index (κ1) is 9.73. The van der Waals surface area contributed by atoms with Crippen molar-refractivity contribution in [2.24, 2.45) is 5.16 Å². The Morgan fingerprint density at radius 2 is 2.00 bits per heavy atom. The van der Waals surface area contributed by atoms with E-state index < -0.39 is 6.09 Å². The molecule has 0 saturated heterocycles. The van der Waals surface area contributed by atoms with Crippen LogP contribution in [0.25, 0.3) is 0 Å².